The molecule has 1 amide bonds. The topological polar surface area (TPSA) is 111 Å². The first-order valence-electron chi connectivity index (χ1n) is 7.52. The summed E-state index contributed by atoms with van der Waals surface area (Å²) in [5, 5.41) is 23.0. The van der Waals surface area contributed by atoms with Gasteiger partial charge in [-0.15, -0.1) is 0 Å². The number of pyridine rings is 1. The zero-order valence-electron chi connectivity index (χ0n) is 12.8. The molecule has 0 aromatic carbocycles. The van der Waals surface area contributed by atoms with Gasteiger partial charge in [0.15, 0.2) is 0 Å². The highest BCUT2D eigenvalue weighted by atomic mass is 35.5. The van der Waals surface area contributed by atoms with Crippen LogP contribution in [-0.2, 0) is 13.1 Å². The lowest BCUT2D eigenvalue weighted by Gasteiger charge is -2.20. The summed E-state index contributed by atoms with van der Waals surface area (Å²) < 4.78 is 1.74. The number of hydrogen-bond acceptors (Lipinski definition) is 5. The predicted octanol–water partition coefficient (Wildman–Crippen LogP) is 0.297. The summed E-state index contributed by atoms with van der Waals surface area (Å²) >= 11 is 5.78. The molecule has 24 heavy (non-hydrogen) atoms. The van der Waals surface area contributed by atoms with E-state index in [2.05, 4.69) is 10.1 Å². The number of hydrogen-bond donors (Lipinski definition) is 3. The Balaban J connectivity index is 1.84. The molecule has 0 unspecified atom stereocenters. The summed E-state index contributed by atoms with van der Waals surface area (Å²) in [5.41, 5.74) is 1.03. The second-order valence-electron chi connectivity index (χ2n) is 5.63. The van der Waals surface area contributed by atoms with Crippen LogP contribution in [0.4, 0.5) is 0 Å². The van der Waals surface area contributed by atoms with E-state index in [-0.39, 0.29) is 10.9 Å². The average molecular weight is 353 g/mol. The number of carbonyl (C=O) groups is 1. The molecule has 0 radical (unpaired) electrons. The Kier molecular flexibility index (Phi) is 4.70. The van der Waals surface area contributed by atoms with Crippen molar-refractivity contribution in [3.63, 3.8) is 0 Å². The molecule has 0 fully saturated rings. The fraction of sp³-hybridized carbons (Fsp3) is 0.400. The maximum atomic E-state index is 12.6. The molecule has 2 aromatic heterocycles. The van der Waals surface area contributed by atoms with Gasteiger partial charge in [-0.3, -0.25) is 14.3 Å². The zero-order valence-corrected chi connectivity index (χ0v) is 13.5. The molecule has 3 rings (SSSR count). The van der Waals surface area contributed by atoms with Gasteiger partial charge in [0.1, 0.15) is 11.1 Å². The summed E-state index contributed by atoms with van der Waals surface area (Å²) in [6.07, 6.45) is 1.01. The molecule has 0 saturated heterocycles. The van der Waals surface area contributed by atoms with Gasteiger partial charge in [-0.05, 0) is 18.6 Å². The number of aryl methyl sites for hydroxylation is 1. The van der Waals surface area contributed by atoms with Crippen molar-refractivity contribution >= 4 is 17.5 Å². The lowest BCUT2D eigenvalue weighted by atomic mass is 10.2. The molecule has 0 aliphatic carbocycles. The second kappa shape index (κ2) is 6.76. The molecule has 9 heteroatoms. The van der Waals surface area contributed by atoms with E-state index in [0.29, 0.717) is 37.3 Å². The normalized spacial score (nSPS) is 15.7. The lowest BCUT2D eigenvalue weighted by Crippen LogP contribution is -2.31. The summed E-state index contributed by atoms with van der Waals surface area (Å²) in [7, 11) is 0. The van der Waals surface area contributed by atoms with Crippen LogP contribution in [0.15, 0.2) is 23.1 Å². The van der Waals surface area contributed by atoms with Crippen molar-refractivity contribution in [2.24, 2.45) is 0 Å². The predicted molar refractivity (Wildman–Crippen MR) is 85.7 cm³/mol. The Labute approximate surface area is 142 Å². The monoisotopic (exact) mass is 352 g/mol. The molecule has 8 nitrogen and oxygen atoms in total. The van der Waals surface area contributed by atoms with Gasteiger partial charge in [0.25, 0.3) is 11.5 Å². The molecule has 3 heterocycles. The van der Waals surface area contributed by atoms with Crippen molar-refractivity contribution in [2.45, 2.75) is 25.6 Å². The van der Waals surface area contributed by atoms with E-state index in [0.717, 1.165) is 5.69 Å². The van der Waals surface area contributed by atoms with Crippen LogP contribution < -0.4 is 5.56 Å². The largest absolute Gasteiger partial charge is 0.393 e. The first-order chi connectivity index (χ1) is 11.5. The Morgan fingerprint density at radius 3 is 2.92 bits per heavy atom. The van der Waals surface area contributed by atoms with Crippen LogP contribution in [0.2, 0.25) is 5.02 Å². The number of nitrogens with zero attached hydrogens (tertiary/aromatic N) is 3. The average Bonchev–Trinajstić information content (AvgIpc) is 2.87. The third kappa shape index (κ3) is 3.21. The van der Waals surface area contributed by atoms with E-state index in [9.17, 15) is 14.7 Å². The maximum Gasteiger partial charge on any atom is 0.266 e. The highest BCUT2D eigenvalue weighted by Gasteiger charge is 2.23. The van der Waals surface area contributed by atoms with Crippen LogP contribution in [0.3, 0.4) is 0 Å². The Bertz CT molecular complexity index is 816. The number of aromatic amines is 1. The minimum atomic E-state index is -1.04. The van der Waals surface area contributed by atoms with E-state index < -0.39 is 18.3 Å². The fourth-order valence-corrected chi connectivity index (χ4v) is 2.85. The third-order valence-electron chi connectivity index (χ3n) is 3.94. The first-order valence-corrected chi connectivity index (χ1v) is 7.90. The number of rotatable bonds is 3. The van der Waals surface area contributed by atoms with E-state index in [1.807, 2.05) is 0 Å². The molecule has 1 aliphatic rings. The van der Waals surface area contributed by atoms with Gasteiger partial charge in [0, 0.05) is 19.3 Å². The number of aliphatic hydroxyl groups excluding tert-OH is 2. The Hall–Kier alpha value is -2.16. The van der Waals surface area contributed by atoms with Crippen LogP contribution in [0.1, 0.15) is 34.3 Å². The highest BCUT2D eigenvalue weighted by Crippen LogP contribution is 2.19. The van der Waals surface area contributed by atoms with Crippen molar-refractivity contribution in [1.82, 2.24) is 19.7 Å². The van der Waals surface area contributed by atoms with Crippen LogP contribution in [0.5, 0.6) is 0 Å². The standard InChI is InChI=1S/C15H17ClN4O4/c16-11-4-9(6-17-14(11)23)15(24)19-2-1-3-20-10(7-19)5-12(18-20)13(22)8-21/h4-6,13,21-22H,1-3,7-8H2,(H,17,23)/t13-/m0/s1. The summed E-state index contributed by atoms with van der Waals surface area (Å²) in [6.45, 7) is 1.07. The number of fused-ring (bicyclic) bond motifs is 1. The number of carbonyl (C=O) groups excluding carboxylic acids is 1. The van der Waals surface area contributed by atoms with Gasteiger partial charge in [-0.2, -0.15) is 5.10 Å². The second-order valence-corrected chi connectivity index (χ2v) is 6.03. The molecule has 3 N–H and O–H groups in total. The quantitative estimate of drug-likeness (QED) is 0.735. The number of nitrogens with one attached hydrogen (secondary N) is 1. The number of H-pyrrole nitrogens is 1. The third-order valence-corrected chi connectivity index (χ3v) is 4.22. The van der Waals surface area contributed by atoms with Crippen molar-refractivity contribution in [2.75, 3.05) is 13.2 Å². The lowest BCUT2D eigenvalue weighted by molar-refractivity contribution is 0.0745. The number of amides is 1. The smallest absolute Gasteiger partial charge is 0.266 e. The molecule has 1 aliphatic heterocycles. The molecular weight excluding hydrogens is 336 g/mol. The van der Waals surface area contributed by atoms with E-state index in [1.54, 1.807) is 15.6 Å². The molecule has 0 bridgehead atoms. The molecule has 0 saturated carbocycles. The first kappa shape index (κ1) is 16.7. The minimum Gasteiger partial charge on any atom is -0.393 e. The van der Waals surface area contributed by atoms with Crippen LogP contribution >= 0.6 is 11.6 Å². The highest BCUT2D eigenvalue weighted by molar-refractivity contribution is 6.30. The van der Waals surface area contributed by atoms with E-state index in [1.165, 1.54) is 12.3 Å². The Morgan fingerprint density at radius 2 is 2.21 bits per heavy atom. The van der Waals surface area contributed by atoms with Gasteiger partial charge in [0.05, 0.1) is 30.1 Å². The van der Waals surface area contributed by atoms with E-state index >= 15 is 0 Å². The van der Waals surface area contributed by atoms with Crippen LogP contribution in [0, 0.1) is 0 Å². The van der Waals surface area contributed by atoms with Gasteiger partial charge in [0.2, 0.25) is 0 Å². The zero-order chi connectivity index (χ0) is 17.3. The summed E-state index contributed by atoms with van der Waals surface area (Å²) in [4.78, 5) is 28.0. The van der Waals surface area contributed by atoms with Gasteiger partial charge < -0.3 is 20.1 Å². The molecular formula is C15H17ClN4O4. The maximum absolute atomic E-state index is 12.6. The van der Waals surface area contributed by atoms with Crippen LogP contribution in [0.25, 0.3) is 0 Å². The van der Waals surface area contributed by atoms with Crippen LogP contribution in [-0.4, -0.2) is 48.9 Å². The van der Waals surface area contributed by atoms with E-state index in [4.69, 9.17) is 16.7 Å². The Morgan fingerprint density at radius 1 is 1.42 bits per heavy atom. The minimum absolute atomic E-state index is 0.0333. The van der Waals surface area contributed by atoms with Crippen molar-refractivity contribution in [3.05, 3.63) is 50.7 Å². The molecule has 128 valence electrons. The summed E-state index contributed by atoms with van der Waals surface area (Å²) in [5.74, 6) is -0.243. The van der Waals surface area contributed by atoms with Gasteiger partial charge in [-0.25, -0.2) is 0 Å². The van der Waals surface area contributed by atoms with Gasteiger partial charge in [-0.1, -0.05) is 11.6 Å². The SMILES string of the molecule is O=C(c1c[nH]c(=O)c(Cl)c1)N1CCCn2nc([C@@H](O)CO)cc2C1. The fourth-order valence-electron chi connectivity index (χ4n) is 2.68. The van der Waals surface area contributed by atoms with Crippen molar-refractivity contribution in [3.8, 4) is 0 Å². The number of halogens is 1. The number of aliphatic hydroxyl groups is 2. The number of aromatic nitrogens is 3. The summed E-state index contributed by atoms with van der Waals surface area (Å²) in [6, 6.07) is 3.04. The molecule has 1 atom stereocenters. The van der Waals surface area contributed by atoms with Gasteiger partial charge >= 0.3 is 0 Å². The molecule has 0 spiro atoms. The molecule has 2 aromatic rings. The van der Waals surface area contributed by atoms with Crippen molar-refractivity contribution < 1.29 is 15.0 Å². The van der Waals surface area contributed by atoms with Crippen molar-refractivity contribution in [1.29, 1.82) is 0 Å².